The van der Waals surface area contributed by atoms with Crippen molar-refractivity contribution in [3.63, 3.8) is 0 Å². The van der Waals surface area contributed by atoms with E-state index in [0.29, 0.717) is 17.1 Å². The first-order valence-electron chi connectivity index (χ1n) is 10.7. The van der Waals surface area contributed by atoms with Crippen molar-refractivity contribution < 1.29 is 27.1 Å². The number of carbonyl (C=O) groups is 2. The van der Waals surface area contributed by atoms with E-state index < -0.39 is 27.7 Å². The zero-order valence-electron chi connectivity index (χ0n) is 19.5. The quantitative estimate of drug-likeness (QED) is 0.470. The first-order valence-corrected chi connectivity index (χ1v) is 12.1. The minimum absolute atomic E-state index is 0.198. The van der Waals surface area contributed by atoms with Gasteiger partial charge in [0.25, 0.3) is 15.9 Å². The fourth-order valence-corrected chi connectivity index (χ4v) is 4.32. The zero-order chi connectivity index (χ0) is 25.6. The number of aryl methyl sites for hydroxylation is 2. The number of anilines is 2. The number of nitrogens with one attached hydrogen (secondary N) is 2. The van der Waals surface area contributed by atoms with Crippen LogP contribution in [-0.2, 0) is 19.6 Å². The van der Waals surface area contributed by atoms with Crippen molar-refractivity contribution in [3.05, 3.63) is 83.7 Å². The average Bonchev–Trinajstić information content (AvgIpc) is 2.84. The smallest absolute Gasteiger partial charge is 0.264 e. The molecule has 0 bridgehead atoms. The number of ether oxygens (including phenoxy) is 1. The lowest BCUT2D eigenvalue weighted by atomic mass is 10.1. The van der Waals surface area contributed by atoms with Gasteiger partial charge in [0.1, 0.15) is 11.6 Å². The molecule has 0 aliphatic rings. The van der Waals surface area contributed by atoms with E-state index in [2.05, 4.69) is 10.6 Å². The van der Waals surface area contributed by atoms with Gasteiger partial charge in [0, 0.05) is 12.7 Å². The van der Waals surface area contributed by atoms with Crippen molar-refractivity contribution in [2.75, 3.05) is 29.8 Å². The van der Waals surface area contributed by atoms with Crippen molar-refractivity contribution in [2.24, 2.45) is 0 Å². The Kier molecular flexibility index (Phi) is 8.08. The van der Waals surface area contributed by atoms with Crippen molar-refractivity contribution in [1.29, 1.82) is 0 Å². The molecule has 3 aromatic rings. The maximum Gasteiger partial charge on any atom is 0.264 e. The van der Waals surface area contributed by atoms with Crippen LogP contribution in [0.2, 0.25) is 0 Å². The van der Waals surface area contributed by atoms with Gasteiger partial charge in [-0.15, -0.1) is 0 Å². The highest BCUT2D eigenvalue weighted by Gasteiger charge is 2.21. The third kappa shape index (κ3) is 6.80. The molecule has 10 heteroatoms. The summed E-state index contributed by atoms with van der Waals surface area (Å²) in [6.45, 7) is 3.16. The summed E-state index contributed by atoms with van der Waals surface area (Å²) in [4.78, 5) is 24.1. The van der Waals surface area contributed by atoms with Gasteiger partial charge in [0.2, 0.25) is 5.91 Å². The topological polar surface area (TPSA) is 105 Å². The highest BCUT2D eigenvalue weighted by Crippen LogP contribution is 2.25. The molecule has 0 saturated heterocycles. The van der Waals surface area contributed by atoms with Gasteiger partial charge < -0.3 is 15.4 Å². The summed E-state index contributed by atoms with van der Waals surface area (Å²) in [5.74, 6) is -1.05. The van der Waals surface area contributed by atoms with Gasteiger partial charge in [-0.1, -0.05) is 6.07 Å². The van der Waals surface area contributed by atoms with E-state index in [1.807, 2.05) is 13.8 Å². The number of hydrogen-bond donors (Lipinski definition) is 2. The van der Waals surface area contributed by atoms with Crippen molar-refractivity contribution in [1.82, 2.24) is 5.32 Å². The number of sulfonamides is 1. The number of rotatable bonds is 9. The molecule has 0 heterocycles. The first-order chi connectivity index (χ1) is 16.6. The molecule has 3 aromatic carbocycles. The fraction of sp³-hybridized carbons (Fsp3) is 0.200. The Balaban J connectivity index is 1.50. The van der Waals surface area contributed by atoms with Gasteiger partial charge in [0.15, 0.2) is 6.61 Å². The van der Waals surface area contributed by atoms with Crippen LogP contribution in [0.1, 0.15) is 11.1 Å². The van der Waals surface area contributed by atoms with Gasteiger partial charge in [-0.25, -0.2) is 12.8 Å². The van der Waals surface area contributed by atoms with Crippen molar-refractivity contribution >= 4 is 33.2 Å². The Morgan fingerprint density at radius 2 is 1.57 bits per heavy atom. The van der Waals surface area contributed by atoms with E-state index in [9.17, 15) is 22.4 Å². The minimum atomic E-state index is -3.74. The summed E-state index contributed by atoms with van der Waals surface area (Å²) in [6, 6.07) is 16.5. The van der Waals surface area contributed by atoms with Gasteiger partial charge in [-0.3, -0.25) is 13.9 Å². The van der Waals surface area contributed by atoms with E-state index in [-0.39, 0.29) is 18.0 Å². The largest absolute Gasteiger partial charge is 0.484 e. The number of benzene rings is 3. The predicted molar refractivity (Wildman–Crippen MR) is 131 cm³/mol. The lowest BCUT2D eigenvalue weighted by Gasteiger charge is -2.20. The van der Waals surface area contributed by atoms with E-state index in [4.69, 9.17) is 4.74 Å². The highest BCUT2D eigenvalue weighted by atomic mass is 32.2. The van der Waals surface area contributed by atoms with Crippen molar-refractivity contribution in [2.45, 2.75) is 18.7 Å². The molecule has 0 unspecified atom stereocenters. The number of amides is 2. The first kappa shape index (κ1) is 25.7. The molecular formula is C25H26FN3O5S. The Bertz CT molecular complexity index is 1310. The average molecular weight is 500 g/mol. The summed E-state index contributed by atoms with van der Waals surface area (Å²) >= 11 is 0. The summed E-state index contributed by atoms with van der Waals surface area (Å²) in [5.41, 5.74) is 2.73. The molecule has 3 rings (SSSR count). The summed E-state index contributed by atoms with van der Waals surface area (Å²) < 4.78 is 45.4. The Labute approximate surface area is 203 Å². The SMILES string of the molecule is Cc1ccc(S(=O)(=O)N(C)c2ccc(OCC(=O)NCC(=O)Nc3ccc(F)cc3)cc2)cc1C. The number of halogens is 1. The molecule has 0 fully saturated rings. The van der Waals surface area contributed by atoms with Gasteiger partial charge >= 0.3 is 0 Å². The third-order valence-corrected chi connectivity index (χ3v) is 7.06. The Morgan fingerprint density at radius 3 is 2.20 bits per heavy atom. The van der Waals surface area contributed by atoms with E-state index in [0.717, 1.165) is 11.1 Å². The Morgan fingerprint density at radius 1 is 0.914 bits per heavy atom. The summed E-state index contributed by atoms with van der Waals surface area (Å²) in [6.07, 6.45) is 0. The van der Waals surface area contributed by atoms with Gasteiger partial charge in [0.05, 0.1) is 17.1 Å². The molecular weight excluding hydrogens is 473 g/mol. The molecule has 0 aliphatic heterocycles. The van der Waals surface area contributed by atoms with Crippen LogP contribution in [0.25, 0.3) is 0 Å². The normalized spacial score (nSPS) is 11.0. The van der Waals surface area contributed by atoms with Gasteiger partial charge in [-0.05, 0) is 85.6 Å². The van der Waals surface area contributed by atoms with Gasteiger partial charge in [-0.2, -0.15) is 0 Å². The van der Waals surface area contributed by atoms with Crippen LogP contribution in [0.5, 0.6) is 5.75 Å². The molecule has 0 radical (unpaired) electrons. The minimum Gasteiger partial charge on any atom is -0.484 e. The molecule has 184 valence electrons. The number of nitrogens with zero attached hydrogens (tertiary/aromatic N) is 1. The number of carbonyl (C=O) groups excluding carboxylic acids is 2. The second kappa shape index (κ2) is 11.0. The second-order valence-electron chi connectivity index (χ2n) is 7.83. The standard InChI is InChI=1S/C25H26FN3O5S/c1-17-4-13-23(14-18(17)2)35(32,33)29(3)21-9-11-22(12-10-21)34-16-25(31)27-15-24(30)28-20-7-5-19(26)6-8-20/h4-14H,15-16H2,1-3H3,(H,27,31)(H,28,30). The van der Waals surface area contributed by atoms with Crippen LogP contribution < -0.4 is 19.7 Å². The number of hydrogen-bond acceptors (Lipinski definition) is 5. The lowest BCUT2D eigenvalue weighted by molar-refractivity contribution is -0.125. The van der Waals surface area contributed by atoms with Crippen molar-refractivity contribution in [3.8, 4) is 5.75 Å². The predicted octanol–water partition coefficient (Wildman–Crippen LogP) is 3.40. The molecule has 0 saturated carbocycles. The zero-order valence-corrected chi connectivity index (χ0v) is 20.4. The molecule has 2 amide bonds. The second-order valence-corrected chi connectivity index (χ2v) is 9.80. The maximum atomic E-state index is 12.9. The van der Waals surface area contributed by atoms with Crippen LogP contribution >= 0.6 is 0 Å². The van der Waals surface area contributed by atoms with Crippen LogP contribution in [-0.4, -0.2) is 40.4 Å². The maximum absolute atomic E-state index is 12.9. The fourth-order valence-electron chi connectivity index (χ4n) is 3.04. The molecule has 0 spiro atoms. The molecule has 35 heavy (non-hydrogen) atoms. The van der Waals surface area contributed by atoms with E-state index in [1.165, 1.54) is 35.6 Å². The van der Waals surface area contributed by atoms with Crippen LogP contribution in [0.3, 0.4) is 0 Å². The van der Waals surface area contributed by atoms with Crippen LogP contribution in [0.4, 0.5) is 15.8 Å². The summed E-state index contributed by atoms with van der Waals surface area (Å²) in [5, 5.41) is 4.95. The monoisotopic (exact) mass is 499 g/mol. The van der Waals surface area contributed by atoms with E-state index in [1.54, 1.807) is 42.5 Å². The molecule has 0 aromatic heterocycles. The molecule has 0 atom stereocenters. The highest BCUT2D eigenvalue weighted by molar-refractivity contribution is 7.92. The van der Waals surface area contributed by atoms with Crippen LogP contribution in [0, 0.1) is 19.7 Å². The molecule has 0 aliphatic carbocycles. The molecule has 8 nitrogen and oxygen atoms in total. The van der Waals surface area contributed by atoms with E-state index >= 15 is 0 Å². The Hall–Kier alpha value is -3.92. The van der Waals surface area contributed by atoms with Crippen LogP contribution in [0.15, 0.2) is 71.6 Å². The lowest BCUT2D eigenvalue weighted by Crippen LogP contribution is -2.35. The molecule has 2 N–H and O–H groups in total. The summed E-state index contributed by atoms with van der Waals surface area (Å²) in [7, 11) is -2.28. The third-order valence-electron chi connectivity index (χ3n) is 5.28.